The smallest absolute Gasteiger partial charge is 0.337 e. The molecule has 0 atom stereocenters. The average molecular weight is 269 g/mol. The van der Waals surface area contributed by atoms with E-state index < -0.39 is 5.97 Å². The van der Waals surface area contributed by atoms with E-state index in [2.05, 4.69) is 17.2 Å². The molecule has 2 rings (SSSR count). The highest BCUT2D eigenvalue weighted by Crippen LogP contribution is 2.37. The van der Waals surface area contributed by atoms with Crippen LogP contribution in [0.2, 0.25) is 5.02 Å². The first-order valence-electron chi connectivity index (χ1n) is 6.13. The fourth-order valence-corrected chi connectivity index (χ4v) is 2.62. The number of nitrogens with zero attached hydrogens (tertiary/aromatic N) is 1. The lowest BCUT2D eigenvalue weighted by atomic mass is 9.89. The van der Waals surface area contributed by atoms with E-state index in [9.17, 15) is 4.79 Å². The lowest BCUT2D eigenvalue weighted by Gasteiger charge is -2.24. The predicted molar refractivity (Wildman–Crippen MR) is 71.3 cm³/mol. The molecule has 0 aromatic carbocycles. The van der Waals surface area contributed by atoms with Gasteiger partial charge in [-0.05, 0) is 24.3 Å². The van der Waals surface area contributed by atoms with Gasteiger partial charge in [0.1, 0.15) is 5.82 Å². The summed E-state index contributed by atoms with van der Waals surface area (Å²) in [4.78, 5) is 14.8. The molecule has 1 aliphatic carbocycles. The van der Waals surface area contributed by atoms with Gasteiger partial charge in [0.2, 0.25) is 0 Å². The van der Waals surface area contributed by atoms with Gasteiger partial charge in [-0.3, -0.25) is 0 Å². The molecule has 0 radical (unpaired) electrons. The van der Waals surface area contributed by atoms with Gasteiger partial charge in [-0.25, -0.2) is 9.78 Å². The molecule has 1 heterocycles. The van der Waals surface area contributed by atoms with E-state index in [4.69, 9.17) is 16.7 Å². The van der Waals surface area contributed by atoms with E-state index in [1.165, 1.54) is 37.9 Å². The van der Waals surface area contributed by atoms with Crippen LogP contribution in [-0.4, -0.2) is 22.6 Å². The van der Waals surface area contributed by atoms with Crippen LogP contribution in [0.15, 0.2) is 12.3 Å². The number of hydrogen-bond donors (Lipinski definition) is 2. The molecule has 18 heavy (non-hydrogen) atoms. The molecule has 98 valence electrons. The monoisotopic (exact) mass is 268 g/mol. The Hall–Kier alpha value is -1.29. The molecular formula is C13H17ClN2O2. The van der Waals surface area contributed by atoms with Crippen molar-refractivity contribution < 1.29 is 9.90 Å². The first-order valence-corrected chi connectivity index (χ1v) is 6.51. The van der Waals surface area contributed by atoms with Crippen molar-refractivity contribution in [1.29, 1.82) is 0 Å². The second-order valence-electron chi connectivity index (χ2n) is 5.23. The maximum Gasteiger partial charge on any atom is 0.337 e. The number of carboxylic acids is 1. The molecule has 0 aliphatic heterocycles. The van der Waals surface area contributed by atoms with Gasteiger partial charge in [0, 0.05) is 12.7 Å². The normalized spacial score (nSPS) is 17.7. The Bertz CT molecular complexity index is 456. The zero-order valence-electron chi connectivity index (χ0n) is 10.4. The Morgan fingerprint density at radius 2 is 2.22 bits per heavy atom. The number of pyridine rings is 1. The van der Waals surface area contributed by atoms with Crippen molar-refractivity contribution in [3.63, 3.8) is 0 Å². The van der Waals surface area contributed by atoms with Crippen LogP contribution in [0.3, 0.4) is 0 Å². The van der Waals surface area contributed by atoms with Crippen LogP contribution >= 0.6 is 11.6 Å². The summed E-state index contributed by atoms with van der Waals surface area (Å²) in [6, 6.07) is 1.43. The lowest BCUT2D eigenvalue weighted by molar-refractivity contribution is 0.0696. The molecule has 0 unspecified atom stereocenters. The van der Waals surface area contributed by atoms with Gasteiger partial charge in [-0.2, -0.15) is 0 Å². The third kappa shape index (κ3) is 2.93. The molecule has 0 amide bonds. The van der Waals surface area contributed by atoms with Crippen molar-refractivity contribution in [2.75, 3.05) is 11.9 Å². The first-order chi connectivity index (χ1) is 8.50. The third-order valence-electron chi connectivity index (χ3n) is 3.58. The highest BCUT2D eigenvalue weighted by atomic mass is 35.5. The summed E-state index contributed by atoms with van der Waals surface area (Å²) in [5.74, 6) is -0.450. The summed E-state index contributed by atoms with van der Waals surface area (Å²) >= 11 is 6.02. The van der Waals surface area contributed by atoms with Crippen LogP contribution < -0.4 is 5.32 Å². The quantitative estimate of drug-likeness (QED) is 0.878. The van der Waals surface area contributed by atoms with Gasteiger partial charge in [-0.15, -0.1) is 0 Å². The summed E-state index contributed by atoms with van der Waals surface area (Å²) in [7, 11) is 0. The molecule has 1 aromatic heterocycles. The van der Waals surface area contributed by atoms with Crippen molar-refractivity contribution in [1.82, 2.24) is 4.98 Å². The molecule has 5 heteroatoms. The van der Waals surface area contributed by atoms with Crippen molar-refractivity contribution in [2.45, 2.75) is 32.6 Å². The molecule has 2 N–H and O–H groups in total. The van der Waals surface area contributed by atoms with Crippen LogP contribution in [0, 0.1) is 5.41 Å². The third-order valence-corrected chi connectivity index (χ3v) is 3.87. The van der Waals surface area contributed by atoms with Gasteiger partial charge >= 0.3 is 5.97 Å². The van der Waals surface area contributed by atoms with Gasteiger partial charge in [0.05, 0.1) is 10.6 Å². The fraction of sp³-hybridized carbons (Fsp3) is 0.538. The number of aromatic nitrogens is 1. The van der Waals surface area contributed by atoms with Gasteiger partial charge in [0.25, 0.3) is 0 Å². The standard InChI is InChI=1S/C13H17ClN2O2/c1-13(4-2-3-5-13)8-16-11-10(14)6-9(7-15-11)12(17)18/h6-7H,2-5,8H2,1H3,(H,15,16)(H,17,18). The second-order valence-corrected chi connectivity index (χ2v) is 5.64. The van der Waals surface area contributed by atoms with Crippen molar-refractivity contribution in [3.8, 4) is 0 Å². The molecule has 1 saturated carbocycles. The molecule has 4 nitrogen and oxygen atoms in total. The Labute approximate surface area is 111 Å². The van der Waals surface area contributed by atoms with Crippen LogP contribution in [0.5, 0.6) is 0 Å². The molecular weight excluding hydrogens is 252 g/mol. The molecule has 1 fully saturated rings. The molecule has 0 spiro atoms. The van der Waals surface area contributed by atoms with E-state index >= 15 is 0 Å². The summed E-state index contributed by atoms with van der Waals surface area (Å²) < 4.78 is 0. The van der Waals surface area contributed by atoms with Gasteiger partial charge in [0.15, 0.2) is 0 Å². The maximum atomic E-state index is 10.8. The Morgan fingerprint density at radius 3 is 2.78 bits per heavy atom. The van der Waals surface area contributed by atoms with Crippen molar-refractivity contribution in [3.05, 3.63) is 22.8 Å². The molecule has 0 bridgehead atoms. The van der Waals surface area contributed by atoms with Crippen LogP contribution in [-0.2, 0) is 0 Å². The molecule has 1 aliphatic rings. The minimum Gasteiger partial charge on any atom is -0.478 e. The van der Waals surface area contributed by atoms with Crippen LogP contribution in [0.4, 0.5) is 5.82 Å². The van der Waals surface area contributed by atoms with Gasteiger partial charge in [-0.1, -0.05) is 31.4 Å². The van der Waals surface area contributed by atoms with E-state index in [0.29, 0.717) is 16.3 Å². The van der Waals surface area contributed by atoms with Gasteiger partial charge < -0.3 is 10.4 Å². The van der Waals surface area contributed by atoms with E-state index in [1.54, 1.807) is 0 Å². The average Bonchev–Trinajstić information content (AvgIpc) is 2.75. The highest BCUT2D eigenvalue weighted by molar-refractivity contribution is 6.33. The number of carbonyl (C=O) groups is 1. The number of nitrogens with one attached hydrogen (secondary N) is 1. The lowest BCUT2D eigenvalue weighted by Crippen LogP contribution is -2.23. The summed E-state index contributed by atoms with van der Waals surface area (Å²) in [5.41, 5.74) is 0.411. The van der Waals surface area contributed by atoms with E-state index in [-0.39, 0.29) is 5.56 Å². The molecule has 1 aromatic rings. The predicted octanol–water partition coefficient (Wildman–Crippen LogP) is 3.43. The van der Waals surface area contributed by atoms with Crippen molar-refractivity contribution in [2.24, 2.45) is 5.41 Å². The fourth-order valence-electron chi connectivity index (χ4n) is 2.39. The Morgan fingerprint density at radius 1 is 1.56 bits per heavy atom. The van der Waals surface area contributed by atoms with Crippen molar-refractivity contribution >= 4 is 23.4 Å². The van der Waals surface area contributed by atoms with E-state index in [0.717, 1.165) is 6.54 Å². The minimum absolute atomic E-state index is 0.109. The van der Waals surface area contributed by atoms with Crippen LogP contribution in [0.1, 0.15) is 43.0 Å². The number of aromatic carboxylic acids is 1. The zero-order chi connectivity index (χ0) is 13.2. The highest BCUT2D eigenvalue weighted by Gasteiger charge is 2.28. The number of rotatable bonds is 4. The number of anilines is 1. The largest absolute Gasteiger partial charge is 0.478 e. The number of halogens is 1. The van der Waals surface area contributed by atoms with Crippen LogP contribution in [0.25, 0.3) is 0 Å². The van der Waals surface area contributed by atoms with E-state index in [1.807, 2.05) is 0 Å². The number of hydrogen-bond acceptors (Lipinski definition) is 3. The minimum atomic E-state index is -1.02. The Kier molecular flexibility index (Phi) is 3.76. The summed E-state index contributed by atoms with van der Waals surface area (Å²) in [6.07, 6.45) is 6.30. The first kappa shape index (κ1) is 13.1. The molecule has 0 saturated heterocycles. The summed E-state index contributed by atoms with van der Waals surface area (Å²) in [5, 5.41) is 12.4. The zero-order valence-corrected chi connectivity index (χ0v) is 11.1. The second kappa shape index (κ2) is 5.14. The Balaban J connectivity index is 2.03. The topological polar surface area (TPSA) is 62.2 Å². The SMILES string of the molecule is CC1(CNc2ncc(C(=O)O)cc2Cl)CCCC1. The maximum absolute atomic E-state index is 10.8. The summed E-state index contributed by atoms with van der Waals surface area (Å²) in [6.45, 7) is 3.08. The number of carboxylic acid groups (broad SMARTS) is 1.